The molecular formula is C15H17NO2S2. The van der Waals surface area contributed by atoms with Gasteiger partial charge in [0.25, 0.3) is 0 Å². The summed E-state index contributed by atoms with van der Waals surface area (Å²) < 4.78 is 0. The van der Waals surface area contributed by atoms with E-state index in [9.17, 15) is 9.90 Å². The standard InChI is InChI=1S/C15H17NO2S2/c1-9-3-4-12(20-9)10(2)16-7-5-13-11(6-8-19-13)14(16)15(17)18/h3-4,6,8,10,14H,5,7H2,1-2H3,(H,17,18). The molecule has 0 saturated carbocycles. The summed E-state index contributed by atoms with van der Waals surface area (Å²) in [5, 5.41) is 11.6. The first-order chi connectivity index (χ1) is 9.58. The zero-order chi connectivity index (χ0) is 14.3. The summed E-state index contributed by atoms with van der Waals surface area (Å²) in [5.74, 6) is -0.746. The van der Waals surface area contributed by atoms with Gasteiger partial charge in [0.05, 0.1) is 0 Å². The molecule has 3 rings (SSSR count). The van der Waals surface area contributed by atoms with Crippen LogP contribution in [0.15, 0.2) is 23.6 Å². The van der Waals surface area contributed by atoms with Crippen LogP contribution in [0.25, 0.3) is 0 Å². The third-order valence-corrected chi connectivity index (χ3v) is 6.07. The number of carboxylic acid groups (broad SMARTS) is 1. The number of rotatable bonds is 3. The SMILES string of the molecule is Cc1ccc(C(C)N2CCc3sccc3C2C(=O)O)s1. The normalized spacial score (nSPS) is 20.6. The van der Waals surface area contributed by atoms with Crippen LogP contribution in [0, 0.1) is 6.92 Å². The minimum Gasteiger partial charge on any atom is -0.480 e. The molecule has 5 heteroatoms. The van der Waals surface area contributed by atoms with Crippen LogP contribution in [0.3, 0.4) is 0 Å². The molecule has 0 spiro atoms. The molecule has 1 aliphatic rings. The van der Waals surface area contributed by atoms with Gasteiger partial charge in [0.1, 0.15) is 6.04 Å². The van der Waals surface area contributed by atoms with E-state index in [1.807, 2.05) is 11.4 Å². The number of nitrogens with zero attached hydrogens (tertiary/aromatic N) is 1. The summed E-state index contributed by atoms with van der Waals surface area (Å²) in [4.78, 5) is 17.6. The quantitative estimate of drug-likeness (QED) is 0.936. The first-order valence-corrected chi connectivity index (χ1v) is 8.38. The lowest BCUT2D eigenvalue weighted by Gasteiger charge is -2.37. The van der Waals surface area contributed by atoms with Gasteiger partial charge in [-0.05, 0) is 49.4 Å². The first kappa shape index (κ1) is 13.8. The van der Waals surface area contributed by atoms with Crippen molar-refractivity contribution in [3.8, 4) is 0 Å². The second kappa shape index (κ2) is 5.31. The van der Waals surface area contributed by atoms with Crippen molar-refractivity contribution in [3.05, 3.63) is 43.8 Å². The molecule has 3 nitrogen and oxygen atoms in total. The van der Waals surface area contributed by atoms with Crippen molar-refractivity contribution in [3.63, 3.8) is 0 Å². The number of aryl methyl sites for hydroxylation is 1. The summed E-state index contributed by atoms with van der Waals surface area (Å²) in [6.45, 7) is 5.00. The molecule has 20 heavy (non-hydrogen) atoms. The molecule has 0 aliphatic carbocycles. The Labute approximate surface area is 126 Å². The van der Waals surface area contributed by atoms with Gasteiger partial charge >= 0.3 is 5.97 Å². The van der Waals surface area contributed by atoms with Crippen LogP contribution in [0.4, 0.5) is 0 Å². The molecule has 0 aromatic carbocycles. The van der Waals surface area contributed by atoms with Gasteiger partial charge in [0.15, 0.2) is 0 Å². The Morgan fingerprint density at radius 2 is 2.25 bits per heavy atom. The van der Waals surface area contributed by atoms with Crippen molar-refractivity contribution in [1.29, 1.82) is 0 Å². The third-order valence-electron chi connectivity index (χ3n) is 3.91. The van der Waals surface area contributed by atoms with Crippen molar-refractivity contribution < 1.29 is 9.90 Å². The summed E-state index contributed by atoms with van der Waals surface area (Å²) >= 11 is 3.43. The molecule has 2 aromatic rings. The van der Waals surface area contributed by atoms with Crippen molar-refractivity contribution in [2.75, 3.05) is 6.54 Å². The Morgan fingerprint density at radius 1 is 1.45 bits per heavy atom. The number of hydrogen-bond donors (Lipinski definition) is 1. The zero-order valence-electron chi connectivity index (χ0n) is 11.5. The zero-order valence-corrected chi connectivity index (χ0v) is 13.1. The Hall–Kier alpha value is -1.17. The number of aliphatic carboxylic acids is 1. The monoisotopic (exact) mass is 307 g/mol. The van der Waals surface area contributed by atoms with E-state index in [4.69, 9.17) is 0 Å². The van der Waals surface area contributed by atoms with Crippen LogP contribution in [0.5, 0.6) is 0 Å². The van der Waals surface area contributed by atoms with E-state index < -0.39 is 12.0 Å². The highest BCUT2D eigenvalue weighted by Gasteiger charge is 2.36. The van der Waals surface area contributed by atoms with E-state index in [-0.39, 0.29) is 6.04 Å². The molecule has 1 N–H and O–H groups in total. The summed E-state index contributed by atoms with van der Waals surface area (Å²) in [6.07, 6.45) is 0.950. The van der Waals surface area contributed by atoms with Gasteiger partial charge in [-0.25, -0.2) is 0 Å². The molecule has 1 aliphatic heterocycles. The molecule has 0 fully saturated rings. The largest absolute Gasteiger partial charge is 0.480 e. The minimum absolute atomic E-state index is 0.142. The lowest BCUT2D eigenvalue weighted by Crippen LogP contribution is -2.40. The fourth-order valence-electron chi connectivity index (χ4n) is 2.87. The summed E-state index contributed by atoms with van der Waals surface area (Å²) in [5.41, 5.74) is 0.980. The van der Waals surface area contributed by atoms with Gasteiger partial charge in [-0.2, -0.15) is 0 Å². The second-order valence-corrected chi connectivity index (χ2v) is 7.47. The molecular weight excluding hydrogens is 290 g/mol. The smallest absolute Gasteiger partial charge is 0.325 e. The third kappa shape index (κ3) is 2.30. The average molecular weight is 307 g/mol. The molecule has 2 atom stereocenters. The topological polar surface area (TPSA) is 40.5 Å². The van der Waals surface area contributed by atoms with E-state index >= 15 is 0 Å². The Bertz CT molecular complexity index is 631. The molecule has 0 saturated heterocycles. The lowest BCUT2D eigenvalue weighted by atomic mass is 9.98. The Morgan fingerprint density at radius 3 is 2.90 bits per heavy atom. The summed E-state index contributed by atoms with van der Waals surface area (Å²) in [6, 6.07) is 5.82. The van der Waals surface area contributed by atoms with Crippen molar-refractivity contribution in [1.82, 2.24) is 4.90 Å². The second-order valence-electron chi connectivity index (χ2n) is 5.15. The summed E-state index contributed by atoms with van der Waals surface area (Å²) in [7, 11) is 0. The van der Waals surface area contributed by atoms with E-state index in [1.54, 1.807) is 22.7 Å². The fraction of sp³-hybridized carbons (Fsp3) is 0.400. The highest BCUT2D eigenvalue weighted by molar-refractivity contribution is 7.12. The lowest BCUT2D eigenvalue weighted by molar-refractivity contribution is -0.145. The maximum absolute atomic E-state index is 11.7. The molecule has 2 aromatic heterocycles. The molecule has 2 unspecified atom stereocenters. The van der Waals surface area contributed by atoms with Gasteiger partial charge in [0.2, 0.25) is 0 Å². The molecule has 3 heterocycles. The highest BCUT2D eigenvalue weighted by atomic mass is 32.1. The Balaban J connectivity index is 1.95. The predicted octanol–water partition coefficient (Wildman–Crippen LogP) is 3.86. The van der Waals surface area contributed by atoms with E-state index in [0.29, 0.717) is 0 Å². The number of fused-ring (bicyclic) bond motifs is 1. The molecule has 0 radical (unpaired) electrons. The van der Waals surface area contributed by atoms with Crippen LogP contribution in [-0.2, 0) is 11.2 Å². The maximum Gasteiger partial charge on any atom is 0.325 e. The fourth-order valence-corrected chi connectivity index (χ4v) is 4.72. The van der Waals surface area contributed by atoms with E-state index in [1.165, 1.54) is 14.6 Å². The van der Waals surface area contributed by atoms with Crippen LogP contribution >= 0.6 is 22.7 Å². The predicted molar refractivity (Wildman–Crippen MR) is 82.6 cm³/mol. The van der Waals surface area contributed by atoms with Crippen molar-refractivity contribution in [2.24, 2.45) is 0 Å². The van der Waals surface area contributed by atoms with Gasteiger partial charge < -0.3 is 5.11 Å². The van der Waals surface area contributed by atoms with Gasteiger partial charge in [-0.3, -0.25) is 9.69 Å². The molecule has 106 valence electrons. The molecule has 0 amide bonds. The van der Waals surface area contributed by atoms with Crippen molar-refractivity contribution >= 4 is 28.6 Å². The number of carboxylic acids is 1. The highest BCUT2D eigenvalue weighted by Crippen LogP contribution is 2.39. The maximum atomic E-state index is 11.7. The van der Waals surface area contributed by atoms with E-state index in [2.05, 4.69) is 30.9 Å². The minimum atomic E-state index is -0.746. The van der Waals surface area contributed by atoms with Gasteiger partial charge in [-0.15, -0.1) is 22.7 Å². The van der Waals surface area contributed by atoms with Crippen LogP contribution < -0.4 is 0 Å². The number of carbonyl (C=O) groups is 1. The van der Waals surface area contributed by atoms with Gasteiger partial charge in [0, 0.05) is 27.2 Å². The first-order valence-electron chi connectivity index (χ1n) is 6.69. The van der Waals surface area contributed by atoms with Crippen molar-refractivity contribution in [2.45, 2.75) is 32.4 Å². The van der Waals surface area contributed by atoms with Crippen LogP contribution in [0.2, 0.25) is 0 Å². The molecule has 0 bridgehead atoms. The van der Waals surface area contributed by atoms with E-state index in [0.717, 1.165) is 18.5 Å². The average Bonchev–Trinajstić information content (AvgIpc) is 3.04. The number of hydrogen-bond acceptors (Lipinski definition) is 4. The van der Waals surface area contributed by atoms with Gasteiger partial charge in [-0.1, -0.05) is 0 Å². The number of thiophene rings is 2. The van der Waals surface area contributed by atoms with Crippen LogP contribution in [-0.4, -0.2) is 22.5 Å². The van der Waals surface area contributed by atoms with Crippen LogP contribution in [0.1, 0.15) is 39.2 Å². The Kier molecular flexibility index (Phi) is 3.67.